The highest BCUT2D eigenvalue weighted by atomic mass is 35.5. The van der Waals surface area contributed by atoms with Crippen molar-refractivity contribution in [2.75, 3.05) is 52.7 Å². The summed E-state index contributed by atoms with van der Waals surface area (Å²) >= 11 is 6.09. The third-order valence-corrected chi connectivity index (χ3v) is 10.1. The molecule has 2 aliphatic rings. The van der Waals surface area contributed by atoms with Crippen molar-refractivity contribution < 1.29 is 41.3 Å². The Hall–Kier alpha value is -1.97. The molecule has 14 heteroatoms. The van der Waals surface area contributed by atoms with E-state index in [-0.39, 0.29) is 23.1 Å². The minimum atomic E-state index is -4.79. The van der Waals surface area contributed by atoms with Gasteiger partial charge in [-0.1, -0.05) is 41.9 Å². The van der Waals surface area contributed by atoms with E-state index in [0.29, 0.717) is 50.4 Å². The lowest BCUT2D eigenvalue weighted by atomic mass is 9.74. The fourth-order valence-corrected chi connectivity index (χ4v) is 7.42. The van der Waals surface area contributed by atoms with E-state index in [2.05, 4.69) is 20.1 Å². The van der Waals surface area contributed by atoms with Crippen molar-refractivity contribution in [3.8, 4) is 5.75 Å². The summed E-state index contributed by atoms with van der Waals surface area (Å²) in [7, 11) is -1.60. The summed E-state index contributed by atoms with van der Waals surface area (Å²) in [5.41, 5.74) is -1.36. The third kappa shape index (κ3) is 12.7. The fourth-order valence-electron chi connectivity index (χ4n) is 6.71. The van der Waals surface area contributed by atoms with Crippen molar-refractivity contribution in [1.29, 1.82) is 0 Å². The number of alkyl halides is 3. The number of nitrogens with one attached hydrogen (secondary N) is 3. The summed E-state index contributed by atoms with van der Waals surface area (Å²) < 4.78 is 72.4. The molecule has 0 amide bonds. The van der Waals surface area contributed by atoms with Crippen molar-refractivity contribution in [3.05, 3.63) is 64.7 Å². The molecule has 2 aliphatic heterocycles. The molecule has 0 saturated carbocycles. The third-order valence-electron chi connectivity index (χ3n) is 9.10. The average Bonchev–Trinajstić information content (AvgIpc) is 3.05. The second-order valence-corrected chi connectivity index (χ2v) is 15.0. The first-order valence-electron chi connectivity index (χ1n) is 16.6. The summed E-state index contributed by atoms with van der Waals surface area (Å²) in [5.74, 6) is -0.399. The molecule has 0 bridgehead atoms. The SMILES string of the molecule is COCCCC[C@@](O)(c1ccccc1OC(F)(F)F)[C@@H]1CCCNC1.CS(=O)(=O)NCCC[C@@](O)(c1cccc(Cl)c1)[C@@H]1CCCNC1. The van der Waals surface area contributed by atoms with Gasteiger partial charge in [0.25, 0.3) is 0 Å². The van der Waals surface area contributed by atoms with Crippen LogP contribution in [-0.2, 0) is 26.0 Å². The van der Waals surface area contributed by atoms with E-state index in [4.69, 9.17) is 16.3 Å². The summed E-state index contributed by atoms with van der Waals surface area (Å²) in [6, 6.07) is 13.2. The molecular weight excluding hydrogens is 671 g/mol. The van der Waals surface area contributed by atoms with Gasteiger partial charge in [-0.05, 0) is 94.6 Å². The number of piperidine rings is 2. The number of benzene rings is 2. The Morgan fingerprint density at radius 3 is 2.10 bits per heavy atom. The highest BCUT2D eigenvalue weighted by Gasteiger charge is 2.43. The van der Waals surface area contributed by atoms with E-state index in [1.807, 2.05) is 12.1 Å². The van der Waals surface area contributed by atoms with Crippen LogP contribution in [0.25, 0.3) is 0 Å². The maximum absolute atomic E-state index is 12.8. The number of sulfonamides is 1. The van der Waals surface area contributed by atoms with Crippen molar-refractivity contribution >= 4 is 21.6 Å². The van der Waals surface area contributed by atoms with Gasteiger partial charge < -0.3 is 30.3 Å². The molecule has 0 spiro atoms. The molecule has 2 aromatic carbocycles. The molecule has 0 unspecified atom stereocenters. The largest absolute Gasteiger partial charge is 0.573 e. The van der Waals surface area contributed by atoms with Crippen LogP contribution in [0.3, 0.4) is 0 Å². The Kier molecular flexibility index (Phi) is 15.9. The number of methoxy groups -OCH3 is 1. The van der Waals surface area contributed by atoms with Crippen LogP contribution in [0.2, 0.25) is 5.02 Å². The van der Waals surface area contributed by atoms with Crippen LogP contribution in [0.4, 0.5) is 13.2 Å². The second kappa shape index (κ2) is 18.9. The van der Waals surface area contributed by atoms with Gasteiger partial charge in [0, 0.05) is 55.8 Å². The quantitative estimate of drug-likeness (QED) is 0.154. The number of aliphatic hydroxyl groups is 2. The van der Waals surface area contributed by atoms with Gasteiger partial charge in [-0.3, -0.25) is 0 Å². The molecule has 2 saturated heterocycles. The number of hydrogen-bond acceptors (Lipinski definition) is 8. The molecule has 4 rings (SSSR count). The second-order valence-electron chi connectivity index (χ2n) is 12.7. The summed E-state index contributed by atoms with van der Waals surface area (Å²) in [6.45, 7) is 4.03. The van der Waals surface area contributed by atoms with Gasteiger partial charge >= 0.3 is 6.36 Å². The zero-order chi connectivity index (χ0) is 35.3. The van der Waals surface area contributed by atoms with Crippen LogP contribution in [0.1, 0.15) is 68.9 Å². The van der Waals surface area contributed by atoms with Crippen molar-refractivity contribution in [2.45, 2.75) is 75.4 Å². The first-order chi connectivity index (χ1) is 22.7. The molecule has 272 valence electrons. The van der Waals surface area contributed by atoms with E-state index < -0.39 is 27.6 Å². The van der Waals surface area contributed by atoms with E-state index in [9.17, 15) is 31.8 Å². The number of halogens is 4. The minimum Gasteiger partial charge on any atom is -0.405 e. The van der Waals surface area contributed by atoms with Crippen LogP contribution >= 0.6 is 11.6 Å². The molecule has 2 fully saturated rings. The monoisotopic (exact) mass is 721 g/mol. The maximum Gasteiger partial charge on any atom is 0.573 e. The van der Waals surface area contributed by atoms with Crippen molar-refractivity contribution in [1.82, 2.24) is 15.4 Å². The fraction of sp³-hybridized carbons (Fsp3) is 0.647. The topological polar surface area (TPSA) is 129 Å². The lowest BCUT2D eigenvalue weighted by Crippen LogP contribution is -2.44. The van der Waals surface area contributed by atoms with E-state index in [1.165, 1.54) is 18.2 Å². The number of unbranched alkanes of at least 4 members (excludes halogenated alkanes) is 1. The van der Waals surface area contributed by atoms with Crippen LogP contribution < -0.4 is 20.1 Å². The summed E-state index contributed by atoms with van der Waals surface area (Å²) in [6.07, 6.45) is 2.75. The molecule has 0 radical (unpaired) electrons. The van der Waals surface area contributed by atoms with Gasteiger partial charge in [-0.2, -0.15) is 0 Å². The number of ether oxygens (including phenoxy) is 2. The predicted molar refractivity (Wildman–Crippen MR) is 181 cm³/mol. The zero-order valence-electron chi connectivity index (χ0n) is 27.8. The van der Waals surface area contributed by atoms with Gasteiger partial charge in [0.15, 0.2) is 0 Å². The molecule has 48 heavy (non-hydrogen) atoms. The molecule has 2 heterocycles. The molecule has 0 aromatic heterocycles. The highest BCUT2D eigenvalue weighted by Crippen LogP contribution is 2.43. The van der Waals surface area contributed by atoms with Crippen LogP contribution in [0, 0.1) is 11.8 Å². The standard InChI is InChI=1S/C18H26F3NO3.C16H25ClN2O3S/c1-24-12-5-4-10-17(23,14-7-6-11-22-13-14)15-8-2-3-9-16(15)25-18(19,20)21;1-23(21,22)19-10-4-8-16(20,14-6-3-9-18-12-14)13-5-2-7-15(17)11-13/h2-3,8-9,14,22-23H,4-7,10-13H2,1H3;2,5,7,11,14,18-20H,3-4,6,8-10,12H2,1H3/t14-,17+;14-,16-/m11/s1. The molecule has 0 aliphatic carbocycles. The van der Waals surface area contributed by atoms with Gasteiger partial charge in [-0.25, -0.2) is 13.1 Å². The molecular formula is C34H51ClF3N3O6S. The predicted octanol–water partition coefficient (Wildman–Crippen LogP) is 5.45. The van der Waals surface area contributed by atoms with E-state index in [0.717, 1.165) is 63.6 Å². The van der Waals surface area contributed by atoms with Crippen LogP contribution in [0.15, 0.2) is 48.5 Å². The molecule has 9 nitrogen and oxygen atoms in total. The Balaban J connectivity index is 0.000000261. The van der Waals surface area contributed by atoms with Gasteiger partial charge in [0.05, 0.1) is 17.5 Å². The van der Waals surface area contributed by atoms with Gasteiger partial charge in [-0.15, -0.1) is 13.2 Å². The molecule has 4 atom stereocenters. The summed E-state index contributed by atoms with van der Waals surface area (Å²) in [4.78, 5) is 0. The van der Waals surface area contributed by atoms with Crippen molar-refractivity contribution in [2.24, 2.45) is 11.8 Å². The summed E-state index contributed by atoms with van der Waals surface area (Å²) in [5, 5.41) is 30.0. The van der Waals surface area contributed by atoms with E-state index in [1.54, 1.807) is 25.3 Å². The Labute approximate surface area is 288 Å². The normalized spacial score (nSPS) is 21.3. The van der Waals surface area contributed by atoms with Gasteiger partial charge in [0.1, 0.15) is 5.75 Å². The Morgan fingerprint density at radius 2 is 1.54 bits per heavy atom. The average molecular weight is 722 g/mol. The number of rotatable bonds is 15. The van der Waals surface area contributed by atoms with Crippen molar-refractivity contribution in [3.63, 3.8) is 0 Å². The first kappa shape index (κ1) is 40.5. The molecule has 2 aromatic rings. The minimum absolute atomic E-state index is 0.0907. The number of hydrogen-bond donors (Lipinski definition) is 5. The van der Waals surface area contributed by atoms with Crippen LogP contribution in [0.5, 0.6) is 5.75 Å². The zero-order valence-corrected chi connectivity index (χ0v) is 29.4. The highest BCUT2D eigenvalue weighted by molar-refractivity contribution is 7.88. The van der Waals surface area contributed by atoms with E-state index >= 15 is 0 Å². The smallest absolute Gasteiger partial charge is 0.405 e. The Morgan fingerprint density at radius 1 is 0.917 bits per heavy atom. The first-order valence-corrected chi connectivity index (χ1v) is 18.9. The number of para-hydroxylation sites is 1. The van der Waals surface area contributed by atoms with Crippen LogP contribution in [-0.4, -0.2) is 77.7 Å². The Bertz CT molecular complexity index is 1360. The maximum atomic E-state index is 12.8. The molecule has 5 N–H and O–H groups in total. The lowest BCUT2D eigenvalue weighted by Gasteiger charge is -2.40. The van der Waals surface area contributed by atoms with Gasteiger partial charge in [0.2, 0.25) is 10.0 Å². The lowest BCUT2D eigenvalue weighted by molar-refractivity contribution is -0.275.